The molecule has 1 aromatic rings. The fourth-order valence-corrected chi connectivity index (χ4v) is 1.03. The Bertz CT molecular complexity index is 395. The Kier molecular flexibility index (Phi) is 1.43. The van der Waals surface area contributed by atoms with Gasteiger partial charge in [0.05, 0.1) is 5.35 Å². The lowest BCUT2D eigenvalue weighted by atomic mass is 10.3. The summed E-state index contributed by atoms with van der Waals surface area (Å²) in [4.78, 5) is 4.20. The van der Waals surface area contributed by atoms with Gasteiger partial charge in [-0.3, -0.25) is 4.98 Å². The lowest BCUT2D eigenvalue weighted by Gasteiger charge is -1.84. The lowest BCUT2D eigenvalue weighted by molar-refractivity contribution is 1.22. The van der Waals surface area contributed by atoms with Gasteiger partial charge >= 0.3 is 0 Å². The summed E-state index contributed by atoms with van der Waals surface area (Å²) >= 11 is 0. The molecule has 0 saturated carbocycles. The van der Waals surface area contributed by atoms with Crippen LogP contribution in [0.15, 0.2) is 36.2 Å². The van der Waals surface area contributed by atoms with E-state index in [1.807, 2.05) is 36.4 Å². The average molecular weight is 141 g/mol. The maximum atomic E-state index is 4.20. The number of pyridine rings is 1. The quantitative estimate of drug-likeness (QED) is 0.476. The van der Waals surface area contributed by atoms with Gasteiger partial charge in [-0.2, -0.15) is 0 Å². The Labute approximate surface area is 64.7 Å². The van der Waals surface area contributed by atoms with Crippen LogP contribution in [0.4, 0.5) is 0 Å². The third-order valence-corrected chi connectivity index (χ3v) is 1.57. The van der Waals surface area contributed by atoms with Crippen molar-refractivity contribution in [3.8, 4) is 0 Å². The molecule has 1 heteroatoms. The second-order valence-corrected chi connectivity index (χ2v) is 2.31. The van der Waals surface area contributed by atoms with Crippen molar-refractivity contribution in [3.63, 3.8) is 0 Å². The maximum Gasteiger partial charge on any atom is 0.0708 e. The number of fused-ring (bicyclic) bond motifs is 1. The van der Waals surface area contributed by atoms with Crippen LogP contribution in [0.3, 0.4) is 0 Å². The fraction of sp³-hybridized carbons (Fsp3) is 0. The molecular formula is C10H7N. The van der Waals surface area contributed by atoms with Gasteiger partial charge in [0.2, 0.25) is 0 Å². The summed E-state index contributed by atoms with van der Waals surface area (Å²) in [6.07, 6.45) is 9.51. The van der Waals surface area contributed by atoms with Gasteiger partial charge in [-0.25, -0.2) is 0 Å². The van der Waals surface area contributed by atoms with Crippen LogP contribution in [0, 0.1) is 0 Å². The van der Waals surface area contributed by atoms with Gasteiger partial charge in [0.25, 0.3) is 0 Å². The van der Waals surface area contributed by atoms with Gasteiger partial charge < -0.3 is 0 Å². The molecule has 1 nitrogen and oxygen atoms in total. The fourth-order valence-electron chi connectivity index (χ4n) is 1.03. The summed E-state index contributed by atoms with van der Waals surface area (Å²) in [6.45, 7) is 0. The normalized spacial score (nSPS) is 12.7. The van der Waals surface area contributed by atoms with Crippen LogP contribution in [-0.2, 0) is 0 Å². The molecule has 0 saturated heterocycles. The largest absolute Gasteiger partial charge is 0.256 e. The van der Waals surface area contributed by atoms with Crippen molar-refractivity contribution in [1.82, 2.24) is 4.98 Å². The topological polar surface area (TPSA) is 12.9 Å². The molecule has 0 atom stereocenters. The standard InChI is InChI=1S/C10H7N/c1-2-5-9-6-4-8-11-10(9)7-3-1/h2-8H. The molecule has 0 unspecified atom stereocenters. The van der Waals surface area contributed by atoms with Crippen LogP contribution in [-0.4, -0.2) is 4.98 Å². The van der Waals surface area contributed by atoms with Gasteiger partial charge in [-0.15, -0.1) is 5.73 Å². The zero-order valence-corrected chi connectivity index (χ0v) is 5.99. The molecule has 1 aliphatic rings. The average Bonchev–Trinajstić information content (AvgIpc) is 2.28. The first-order chi connectivity index (χ1) is 5.47. The van der Waals surface area contributed by atoms with Crippen molar-refractivity contribution in [2.75, 3.05) is 0 Å². The van der Waals surface area contributed by atoms with Crippen molar-refractivity contribution >= 4 is 12.2 Å². The monoisotopic (exact) mass is 141 g/mol. The lowest BCUT2D eigenvalue weighted by Crippen LogP contribution is -2.26. The molecule has 0 aromatic carbocycles. The van der Waals surface area contributed by atoms with E-state index in [1.165, 1.54) is 0 Å². The van der Waals surface area contributed by atoms with E-state index in [-0.39, 0.29) is 0 Å². The molecule has 1 aliphatic carbocycles. The highest BCUT2D eigenvalue weighted by Crippen LogP contribution is 1.77. The molecule has 1 aromatic heterocycles. The van der Waals surface area contributed by atoms with Crippen LogP contribution in [0.2, 0.25) is 0 Å². The first-order valence-corrected chi connectivity index (χ1v) is 3.51. The molecule has 52 valence electrons. The number of hydrogen-bond acceptors (Lipinski definition) is 1. The summed E-state index contributed by atoms with van der Waals surface area (Å²) in [5.41, 5.74) is 2.99. The highest BCUT2D eigenvalue weighted by Gasteiger charge is 1.82. The predicted molar refractivity (Wildman–Crippen MR) is 45.1 cm³/mol. The third-order valence-electron chi connectivity index (χ3n) is 1.57. The minimum atomic E-state index is 1.01. The zero-order chi connectivity index (χ0) is 7.52. The van der Waals surface area contributed by atoms with Crippen LogP contribution in [0.5, 0.6) is 0 Å². The molecule has 11 heavy (non-hydrogen) atoms. The Morgan fingerprint density at radius 3 is 3.09 bits per heavy atom. The maximum absolute atomic E-state index is 4.20. The number of rotatable bonds is 0. The molecule has 0 amide bonds. The number of aromatic nitrogens is 1. The number of nitrogens with zero attached hydrogens (tertiary/aromatic N) is 1. The Morgan fingerprint density at radius 2 is 2.09 bits per heavy atom. The third kappa shape index (κ3) is 1.14. The van der Waals surface area contributed by atoms with E-state index in [4.69, 9.17) is 0 Å². The summed E-state index contributed by atoms with van der Waals surface area (Å²) in [5.74, 6) is 0. The van der Waals surface area contributed by atoms with Crippen molar-refractivity contribution in [2.45, 2.75) is 0 Å². The van der Waals surface area contributed by atoms with Crippen molar-refractivity contribution in [3.05, 3.63) is 46.8 Å². The van der Waals surface area contributed by atoms with E-state index in [9.17, 15) is 0 Å². The highest BCUT2D eigenvalue weighted by molar-refractivity contribution is 5.45. The molecule has 0 radical (unpaired) electrons. The molecule has 0 fully saturated rings. The molecule has 0 N–H and O–H groups in total. The predicted octanol–water partition coefficient (Wildman–Crippen LogP) is 0.368. The second kappa shape index (κ2) is 2.57. The van der Waals surface area contributed by atoms with E-state index >= 15 is 0 Å². The van der Waals surface area contributed by atoms with E-state index < -0.39 is 0 Å². The first-order valence-electron chi connectivity index (χ1n) is 3.51. The van der Waals surface area contributed by atoms with Crippen molar-refractivity contribution in [1.29, 1.82) is 0 Å². The molecule has 0 spiro atoms. The SMILES string of the molecule is C1=CC=c2cccnc2=CC=1. The van der Waals surface area contributed by atoms with Gasteiger partial charge in [-0.05, 0) is 30.4 Å². The Hall–Kier alpha value is -1.59. The van der Waals surface area contributed by atoms with Crippen molar-refractivity contribution in [2.24, 2.45) is 0 Å². The smallest absolute Gasteiger partial charge is 0.0708 e. The molecule has 1 heterocycles. The molecule has 0 bridgehead atoms. The summed E-state index contributed by atoms with van der Waals surface area (Å²) in [7, 11) is 0. The van der Waals surface area contributed by atoms with Crippen LogP contribution in [0.25, 0.3) is 12.2 Å². The summed E-state index contributed by atoms with van der Waals surface area (Å²) < 4.78 is 0. The minimum absolute atomic E-state index is 1.01. The van der Waals surface area contributed by atoms with E-state index in [0.29, 0.717) is 0 Å². The van der Waals surface area contributed by atoms with E-state index in [2.05, 4.69) is 10.7 Å². The minimum Gasteiger partial charge on any atom is -0.256 e. The van der Waals surface area contributed by atoms with E-state index in [0.717, 1.165) is 10.6 Å². The molecule has 0 aliphatic heterocycles. The first kappa shape index (κ1) is 6.14. The highest BCUT2D eigenvalue weighted by atomic mass is 14.6. The van der Waals surface area contributed by atoms with Gasteiger partial charge in [-0.1, -0.05) is 6.07 Å². The van der Waals surface area contributed by atoms with Gasteiger partial charge in [0, 0.05) is 11.4 Å². The Morgan fingerprint density at radius 1 is 1.18 bits per heavy atom. The van der Waals surface area contributed by atoms with Crippen molar-refractivity contribution < 1.29 is 0 Å². The van der Waals surface area contributed by atoms with Gasteiger partial charge in [0.15, 0.2) is 0 Å². The van der Waals surface area contributed by atoms with Crippen LogP contribution in [0.1, 0.15) is 0 Å². The summed E-state index contributed by atoms with van der Waals surface area (Å²) in [6, 6.07) is 3.97. The second-order valence-electron chi connectivity index (χ2n) is 2.31. The van der Waals surface area contributed by atoms with Gasteiger partial charge in [0.1, 0.15) is 0 Å². The van der Waals surface area contributed by atoms with Crippen LogP contribution < -0.4 is 10.6 Å². The number of hydrogen-bond donors (Lipinski definition) is 0. The molecule has 2 rings (SSSR count). The summed E-state index contributed by atoms with van der Waals surface area (Å²) in [5, 5.41) is 2.16. The van der Waals surface area contributed by atoms with Crippen LogP contribution >= 0.6 is 0 Å². The Balaban J connectivity index is 2.91. The van der Waals surface area contributed by atoms with E-state index in [1.54, 1.807) is 6.20 Å². The number of allylic oxidation sites excluding steroid dienone is 1. The molecular weight excluding hydrogens is 134 g/mol. The zero-order valence-electron chi connectivity index (χ0n) is 5.99.